The van der Waals surface area contributed by atoms with Gasteiger partial charge in [0.2, 0.25) is 5.78 Å². The Balaban J connectivity index is 1.69. The predicted octanol–water partition coefficient (Wildman–Crippen LogP) is 2.24. The number of benzene rings is 1. The van der Waals surface area contributed by atoms with E-state index in [-0.39, 0.29) is 0 Å². The summed E-state index contributed by atoms with van der Waals surface area (Å²) < 4.78 is 12.6. The zero-order valence-electron chi connectivity index (χ0n) is 13.0. The van der Waals surface area contributed by atoms with Gasteiger partial charge in [0.1, 0.15) is 11.6 Å². The fourth-order valence-electron chi connectivity index (χ4n) is 2.75. The van der Waals surface area contributed by atoms with E-state index in [1.54, 1.807) is 7.11 Å². The van der Waals surface area contributed by atoms with Crippen molar-refractivity contribution in [2.24, 2.45) is 0 Å². The Morgan fingerprint density at radius 1 is 1.13 bits per heavy atom. The van der Waals surface area contributed by atoms with Gasteiger partial charge in [-0.1, -0.05) is 12.1 Å². The topological polar surface area (TPSA) is 51.9 Å². The lowest BCUT2D eigenvalue weighted by molar-refractivity contribution is 0.122. The number of anilines is 1. The fraction of sp³-hybridized carbons (Fsp3) is 0.294. The van der Waals surface area contributed by atoms with Crippen LogP contribution in [0.15, 0.2) is 42.7 Å². The standard InChI is InChI=1S/C17H18N4O2/c1-22-14-4-2-3-13(11-14)15-12-21-6-5-16(19-17(21)18-15)20-7-9-23-10-8-20/h2-6,11-12H,7-10H2,1H3. The summed E-state index contributed by atoms with van der Waals surface area (Å²) in [5.41, 5.74) is 1.90. The van der Waals surface area contributed by atoms with E-state index in [0.29, 0.717) is 5.78 Å². The van der Waals surface area contributed by atoms with Crippen molar-refractivity contribution in [1.82, 2.24) is 14.4 Å². The maximum atomic E-state index is 5.39. The van der Waals surface area contributed by atoms with Gasteiger partial charge in [0.25, 0.3) is 0 Å². The summed E-state index contributed by atoms with van der Waals surface area (Å²) in [7, 11) is 1.67. The Kier molecular flexibility index (Phi) is 3.59. The quantitative estimate of drug-likeness (QED) is 0.742. The first-order valence-electron chi connectivity index (χ1n) is 7.66. The van der Waals surface area contributed by atoms with Crippen molar-refractivity contribution in [3.8, 4) is 17.0 Å². The van der Waals surface area contributed by atoms with E-state index in [4.69, 9.17) is 9.47 Å². The van der Waals surface area contributed by atoms with Gasteiger partial charge in [0.15, 0.2) is 0 Å². The first kappa shape index (κ1) is 14.0. The number of aromatic nitrogens is 3. The number of ether oxygens (including phenoxy) is 2. The van der Waals surface area contributed by atoms with Gasteiger partial charge < -0.3 is 14.4 Å². The maximum absolute atomic E-state index is 5.39. The van der Waals surface area contributed by atoms with Gasteiger partial charge in [-0.2, -0.15) is 4.98 Å². The largest absolute Gasteiger partial charge is 0.497 e. The number of fused-ring (bicyclic) bond motifs is 1. The number of hydrogen-bond donors (Lipinski definition) is 0. The Hall–Kier alpha value is -2.60. The summed E-state index contributed by atoms with van der Waals surface area (Å²) in [6, 6.07) is 9.91. The molecule has 4 rings (SSSR count). The highest BCUT2D eigenvalue weighted by molar-refractivity contribution is 5.63. The molecule has 0 spiro atoms. The molecule has 1 aromatic carbocycles. The van der Waals surface area contributed by atoms with Crippen LogP contribution in [0, 0.1) is 0 Å². The normalized spacial score (nSPS) is 15.1. The minimum Gasteiger partial charge on any atom is -0.497 e. The van der Waals surface area contributed by atoms with E-state index in [0.717, 1.165) is 49.1 Å². The van der Waals surface area contributed by atoms with Crippen LogP contribution in [0.3, 0.4) is 0 Å². The summed E-state index contributed by atoms with van der Waals surface area (Å²) in [6.07, 6.45) is 3.99. The van der Waals surface area contributed by atoms with Crippen LogP contribution in [0.2, 0.25) is 0 Å². The van der Waals surface area contributed by atoms with E-state index in [1.165, 1.54) is 0 Å². The van der Waals surface area contributed by atoms with Crippen molar-refractivity contribution in [2.75, 3.05) is 38.3 Å². The molecule has 0 atom stereocenters. The lowest BCUT2D eigenvalue weighted by atomic mass is 10.1. The van der Waals surface area contributed by atoms with Gasteiger partial charge in [0.05, 0.1) is 26.0 Å². The van der Waals surface area contributed by atoms with Gasteiger partial charge in [-0.15, -0.1) is 0 Å². The highest BCUT2D eigenvalue weighted by atomic mass is 16.5. The number of hydrogen-bond acceptors (Lipinski definition) is 5. The van der Waals surface area contributed by atoms with E-state index in [1.807, 2.05) is 47.1 Å². The Morgan fingerprint density at radius 2 is 2.00 bits per heavy atom. The summed E-state index contributed by atoms with van der Waals surface area (Å²) in [4.78, 5) is 11.6. The van der Waals surface area contributed by atoms with Crippen LogP contribution in [-0.2, 0) is 4.74 Å². The fourth-order valence-corrected chi connectivity index (χ4v) is 2.75. The van der Waals surface area contributed by atoms with E-state index in [9.17, 15) is 0 Å². The highest BCUT2D eigenvalue weighted by Gasteiger charge is 2.14. The van der Waals surface area contributed by atoms with Crippen LogP contribution in [0.5, 0.6) is 5.75 Å². The molecule has 6 nitrogen and oxygen atoms in total. The van der Waals surface area contributed by atoms with Crippen molar-refractivity contribution < 1.29 is 9.47 Å². The molecule has 0 aliphatic carbocycles. The molecule has 1 saturated heterocycles. The number of imidazole rings is 1. The van der Waals surface area contributed by atoms with E-state index < -0.39 is 0 Å². The second kappa shape index (κ2) is 5.89. The molecule has 2 aromatic heterocycles. The first-order chi connectivity index (χ1) is 11.3. The Labute approximate surface area is 134 Å². The molecule has 23 heavy (non-hydrogen) atoms. The average molecular weight is 310 g/mol. The van der Waals surface area contributed by atoms with E-state index in [2.05, 4.69) is 14.9 Å². The molecule has 1 aliphatic heterocycles. The van der Waals surface area contributed by atoms with Crippen LogP contribution in [-0.4, -0.2) is 47.8 Å². The summed E-state index contributed by atoms with van der Waals surface area (Å²) in [6.45, 7) is 3.23. The molecular weight excluding hydrogens is 292 g/mol. The molecule has 1 fully saturated rings. The van der Waals surface area contributed by atoms with Gasteiger partial charge in [-0.25, -0.2) is 4.98 Å². The maximum Gasteiger partial charge on any atom is 0.236 e. The first-order valence-corrected chi connectivity index (χ1v) is 7.66. The van der Waals surface area contributed by atoms with Crippen molar-refractivity contribution in [3.63, 3.8) is 0 Å². The SMILES string of the molecule is COc1cccc(-c2cn3ccc(N4CCOCC4)nc3n2)c1. The van der Waals surface area contributed by atoms with Gasteiger partial charge in [0, 0.05) is 31.0 Å². The summed E-state index contributed by atoms with van der Waals surface area (Å²) in [5, 5.41) is 0. The molecule has 0 bridgehead atoms. The molecule has 3 aromatic rings. The summed E-state index contributed by atoms with van der Waals surface area (Å²) in [5.74, 6) is 2.47. The molecule has 0 amide bonds. The van der Waals surface area contributed by atoms with Crippen molar-refractivity contribution >= 4 is 11.6 Å². The highest BCUT2D eigenvalue weighted by Crippen LogP contribution is 2.24. The second-order valence-corrected chi connectivity index (χ2v) is 5.45. The molecule has 0 saturated carbocycles. The molecular formula is C17H18N4O2. The van der Waals surface area contributed by atoms with Crippen LogP contribution in [0.4, 0.5) is 5.82 Å². The van der Waals surface area contributed by atoms with Crippen LogP contribution in [0.25, 0.3) is 17.0 Å². The van der Waals surface area contributed by atoms with Crippen LogP contribution < -0.4 is 9.64 Å². The minimum atomic E-state index is 0.701. The van der Waals surface area contributed by atoms with Gasteiger partial charge in [-0.05, 0) is 18.2 Å². The van der Waals surface area contributed by atoms with Crippen molar-refractivity contribution in [2.45, 2.75) is 0 Å². The third-order valence-corrected chi connectivity index (χ3v) is 4.01. The number of morpholine rings is 1. The van der Waals surface area contributed by atoms with Gasteiger partial charge in [-0.3, -0.25) is 4.40 Å². The Bertz CT molecular complexity index is 824. The zero-order chi connectivity index (χ0) is 15.6. The molecule has 0 unspecified atom stereocenters. The molecule has 3 heterocycles. The molecule has 0 radical (unpaired) electrons. The molecule has 118 valence electrons. The van der Waals surface area contributed by atoms with Crippen LogP contribution in [0.1, 0.15) is 0 Å². The number of nitrogens with zero attached hydrogens (tertiary/aromatic N) is 4. The zero-order valence-corrected chi connectivity index (χ0v) is 13.0. The predicted molar refractivity (Wildman–Crippen MR) is 88.0 cm³/mol. The van der Waals surface area contributed by atoms with Crippen molar-refractivity contribution in [3.05, 3.63) is 42.7 Å². The number of methoxy groups -OCH3 is 1. The smallest absolute Gasteiger partial charge is 0.236 e. The van der Waals surface area contributed by atoms with E-state index >= 15 is 0 Å². The van der Waals surface area contributed by atoms with Gasteiger partial charge >= 0.3 is 0 Å². The van der Waals surface area contributed by atoms with Crippen molar-refractivity contribution in [1.29, 1.82) is 0 Å². The molecule has 1 aliphatic rings. The summed E-state index contributed by atoms with van der Waals surface area (Å²) >= 11 is 0. The second-order valence-electron chi connectivity index (χ2n) is 5.45. The average Bonchev–Trinajstić information content (AvgIpc) is 3.06. The Morgan fingerprint density at radius 3 is 2.83 bits per heavy atom. The van der Waals surface area contributed by atoms with Crippen LogP contribution >= 0.6 is 0 Å². The lowest BCUT2D eigenvalue weighted by Crippen LogP contribution is -2.36. The number of rotatable bonds is 3. The third-order valence-electron chi connectivity index (χ3n) is 4.01. The minimum absolute atomic E-state index is 0.701. The monoisotopic (exact) mass is 310 g/mol. The molecule has 0 N–H and O–H groups in total. The third kappa shape index (κ3) is 2.73. The lowest BCUT2D eigenvalue weighted by Gasteiger charge is -2.27. The molecule has 6 heteroatoms.